The lowest BCUT2D eigenvalue weighted by Crippen LogP contribution is -1.97. The fourth-order valence-electron chi connectivity index (χ4n) is 0.919. The van der Waals surface area contributed by atoms with E-state index in [-0.39, 0.29) is 0 Å². The number of aromatic nitrogens is 3. The molecule has 0 amide bonds. The minimum Gasteiger partial charge on any atom is -0.470 e. The van der Waals surface area contributed by atoms with Crippen LogP contribution in [0.15, 0.2) is 30.6 Å². The lowest BCUT2D eigenvalue weighted by atomic mass is 10.4. The number of ether oxygens (including phenoxy) is 1. The molecule has 0 aromatic carbocycles. The number of rotatable bonds is 3. The maximum Gasteiger partial charge on any atom is 0.232 e. The minimum atomic E-state index is 0.430. The zero-order chi connectivity index (χ0) is 8.93. The largest absolute Gasteiger partial charge is 0.470 e. The van der Waals surface area contributed by atoms with Crippen molar-refractivity contribution in [3.63, 3.8) is 0 Å². The van der Waals surface area contributed by atoms with Gasteiger partial charge in [0.25, 0.3) is 0 Å². The summed E-state index contributed by atoms with van der Waals surface area (Å²) < 4.78 is 5.30. The van der Waals surface area contributed by atoms with Gasteiger partial charge in [-0.2, -0.15) is 4.98 Å². The van der Waals surface area contributed by atoms with Gasteiger partial charge in [-0.15, -0.1) is 0 Å². The van der Waals surface area contributed by atoms with Crippen molar-refractivity contribution in [3.05, 3.63) is 42.6 Å². The van der Waals surface area contributed by atoms with E-state index in [1.165, 1.54) is 0 Å². The van der Waals surface area contributed by atoms with Crippen molar-refractivity contribution in [1.29, 1.82) is 0 Å². The third-order valence-corrected chi connectivity index (χ3v) is 1.52. The van der Waals surface area contributed by atoms with Gasteiger partial charge in [-0.1, -0.05) is 6.07 Å². The molecule has 1 radical (unpaired) electrons. The summed E-state index contributed by atoms with van der Waals surface area (Å²) in [7, 11) is 0. The van der Waals surface area contributed by atoms with Gasteiger partial charge in [-0.05, 0) is 12.1 Å². The van der Waals surface area contributed by atoms with Gasteiger partial charge in [0.15, 0.2) is 6.33 Å². The van der Waals surface area contributed by atoms with E-state index < -0.39 is 0 Å². The second kappa shape index (κ2) is 3.71. The number of pyridine rings is 1. The van der Waals surface area contributed by atoms with Crippen LogP contribution in [0.3, 0.4) is 0 Å². The second-order valence-electron chi connectivity index (χ2n) is 2.46. The standard InChI is InChI=1S/C9H8N3O/c1-2-4-11-8(3-1)6-13-9-5-10-7-12-9/h1-5H,6H2,(H,10,12). The number of H-pyrrole nitrogens is 1. The molecule has 2 heterocycles. The molecule has 0 saturated carbocycles. The molecule has 0 atom stereocenters. The Balaban J connectivity index is 1.94. The summed E-state index contributed by atoms with van der Waals surface area (Å²) in [6.45, 7) is 0.430. The molecule has 4 heteroatoms. The van der Waals surface area contributed by atoms with Gasteiger partial charge in [-0.3, -0.25) is 4.98 Å². The zero-order valence-electron chi connectivity index (χ0n) is 6.90. The Morgan fingerprint density at radius 3 is 3.15 bits per heavy atom. The molecule has 0 aliphatic rings. The summed E-state index contributed by atoms with van der Waals surface area (Å²) in [4.78, 5) is 10.6. The van der Waals surface area contributed by atoms with E-state index in [1.54, 1.807) is 12.4 Å². The quantitative estimate of drug-likeness (QED) is 0.760. The maximum atomic E-state index is 5.30. The maximum absolute atomic E-state index is 5.30. The van der Waals surface area contributed by atoms with Crippen LogP contribution in [0.4, 0.5) is 0 Å². The van der Waals surface area contributed by atoms with Crippen LogP contribution in [-0.4, -0.2) is 15.0 Å². The van der Waals surface area contributed by atoms with Crippen molar-refractivity contribution in [2.24, 2.45) is 0 Å². The van der Waals surface area contributed by atoms with E-state index in [2.05, 4.69) is 21.3 Å². The third kappa shape index (κ3) is 2.05. The molecule has 0 spiro atoms. The molecule has 0 unspecified atom stereocenters. The lowest BCUT2D eigenvalue weighted by molar-refractivity contribution is 0.290. The number of aromatic amines is 1. The minimum absolute atomic E-state index is 0.430. The van der Waals surface area contributed by atoms with E-state index in [0.717, 1.165) is 5.69 Å². The summed E-state index contributed by atoms with van der Waals surface area (Å²) in [5, 5.41) is 0. The topological polar surface area (TPSA) is 50.8 Å². The Morgan fingerprint density at radius 1 is 1.46 bits per heavy atom. The molecule has 0 fully saturated rings. The highest BCUT2D eigenvalue weighted by molar-refractivity contribution is 5.05. The summed E-state index contributed by atoms with van der Waals surface area (Å²) in [5.74, 6) is 0.533. The first kappa shape index (κ1) is 7.79. The molecule has 0 saturated heterocycles. The first-order chi connectivity index (χ1) is 6.45. The predicted molar refractivity (Wildman–Crippen MR) is 46.0 cm³/mol. The molecule has 2 aromatic heterocycles. The first-order valence-electron chi connectivity index (χ1n) is 3.89. The highest BCUT2D eigenvalue weighted by Crippen LogP contribution is 2.04. The molecule has 4 nitrogen and oxygen atoms in total. The Bertz CT molecular complexity index is 344. The van der Waals surface area contributed by atoms with E-state index in [0.29, 0.717) is 12.5 Å². The van der Waals surface area contributed by atoms with Crippen molar-refractivity contribution >= 4 is 0 Å². The van der Waals surface area contributed by atoms with Crippen LogP contribution in [0.1, 0.15) is 5.69 Å². The van der Waals surface area contributed by atoms with Gasteiger partial charge < -0.3 is 9.72 Å². The highest BCUT2D eigenvalue weighted by Gasteiger charge is 1.96. The van der Waals surface area contributed by atoms with Crippen molar-refractivity contribution in [2.75, 3.05) is 0 Å². The number of imidazole rings is 1. The number of hydrogen-bond acceptors (Lipinski definition) is 3. The average molecular weight is 174 g/mol. The number of hydrogen-bond donors (Lipinski definition) is 1. The summed E-state index contributed by atoms with van der Waals surface area (Å²) in [6, 6.07) is 5.69. The normalized spacial score (nSPS) is 9.85. The van der Waals surface area contributed by atoms with Crippen LogP contribution in [0.2, 0.25) is 0 Å². The fourth-order valence-corrected chi connectivity index (χ4v) is 0.919. The number of nitrogens with zero attached hydrogens (tertiary/aromatic N) is 2. The van der Waals surface area contributed by atoms with Crippen LogP contribution < -0.4 is 4.74 Å². The monoisotopic (exact) mass is 174 g/mol. The van der Waals surface area contributed by atoms with E-state index in [1.807, 2.05) is 18.2 Å². The Hall–Kier alpha value is -1.84. The SMILES string of the molecule is [c]1nc(OCc2ccccn2)c[nH]1. The molecule has 2 aromatic rings. The van der Waals surface area contributed by atoms with Gasteiger partial charge >= 0.3 is 0 Å². The molecule has 0 aliphatic carbocycles. The fraction of sp³-hybridized carbons (Fsp3) is 0.111. The summed E-state index contributed by atoms with van der Waals surface area (Å²) >= 11 is 0. The first-order valence-corrected chi connectivity index (χ1v) is 3.89. The molecule has 0 aliphatic heterocycles. The van der Waals surface area contributed by atoms with Crippen LogP contribution in [0.5, 0.6) is 5.88 Å². The van der Waals surface area contributed by atoms with Gasteiger partial charge in [-0.25, -0.2) is 0 Å². The highest BCUT2D eigenvalue weighted by atomic mass is 16.5. The Labute approximate surface area is 75.6 Å². The average Bonchev–Trinajstić information content (AvgIpc) is 2.69. The smallest absolute Gasteiger partial charge is 0.232 e. The van der Waals surface area contributed by atoms with Crippen LogP contribution >= 0.6 is 0 Å². The molecular weight excluding hydrogens is 166 g/mol. The number of nitrogens with one attached hydrogen (secondary N) is 1. The van der Waals surface area contributed by atoms with Crippen molar-refractivity contribution in [3.8, 4) is 5.88 Å². The van der Waals surface area contributed by atoms with E-state index in [4.69, 9.17) is 4.74 Å². The molecule has 0 bridgehead atoms. The molecule has 65 valence electrons. The molecular formula is C9H8N3O. The van der Waals surface area contributed by atoms with Crippen LogP contribution in [0.25, 0.3) is 0 Å². The van der Waals surface area contributed by atoms with Crippen molar-refractivity contribution < 1.29 is 4.74 Å². The summed E-state index contributed by atoms with van der Waals surface area (Å²) in [6.07, 6.45) is 5.92. The molecule has 13 heavy (non-hydrogen) atoms. The second-order valence-corrected chi connectivity index (χ2v) is 2.46. The summed E-state index contributed by atoms with van der Waals surface area (Å²) in [5.41, 5.74) is 0.880. The van der Waals surface area contributed by atoms with Gasteiger partial charge in [0, 0.05) is 6.20 Å². The van der Waals surface area contributed by atoms with Gasteiger partial charge in [0.1, 0.15) is 6.61 Å². The molecule has 2 rings (SSSR count). The molecule has 1 N–H and O–H groups in total. The van der Waals surface area contributed by atoms with E-state index >= 15 is 0 Å². The van der Waals surface area contributed by atoms with Crippen LogP contribution in [-0.2, 0) is 6.61 Å². The predicted octanol–water partition coefficient (Wildman–Crippen LogP) is 1.18. The van der Waals surface area contributed by atoms with Gasteiger partial charge in [0.05, 0.1) is 11.9 Å². The van der Waals surface area contributed by atoms with E-state index in [9.17, 15) is 0 Å². The zero-order valence-corrected chi connectivity index (χ0v) is 6.90. The Morgan fingerprint density at radius 2 is 2.46 bits per heavy atom. The Kier molecular flexibility index (Phi) is 2.22. The third-order valence-electron chi connectivity index (χ3n) is 1.52. The van der Waals surface area contributed by atoms with Crippen molar-refractivity contribution in [2.45, 2.75) is 6.61 Å². The van der Waals surface area contributed by atoms with Crippen molar-refractivity contribution in [1.82, 2.24) is 15.0 Å². The lowest BCUT2D eigenvalue weighted by Gasteiger charge is -2.00. The van der Waals surface area contributed by atoms with Gasteiger partial charge in [0.2, 0.25) is 5.88 Å². The van der Waals surface area contributed by atoms with Crippen LogP contribution in [0, 0.1) is 6.33 Å².